The number of fused-ring (bicyclic) bond motifs is 1. The molecule has 0 atom stereocenters. The number of aryl methyl sites for hydroxylation is 1. The normalized spacial score (nSPS) is 11.0. The molecular formula is C20H24N4O. The van der Waals surface area contributed by atoms with Crippen molar-refractivity contribution in [3.05, 3.63) is 64.8 Å². The number of nitrogen functional groups attached to an aromatic ring is 1. The first kappa shape index (κ1) is 17.0. The van der Waals surface area contributed by atoms with Gasteiger partial charge in [-0.15, -0.1) is 0 Å². The van der Waals surface area contributed by atoms with Gasteiger partial charge in [-0.3, -0.25) is 4.79 Å². The molecule has 0 aliphatic rings. The molecule has 0 unspecified atom stereocenters. The molecular weight excluding hydrogens is 312 g/mol. The lowest BCUT2D eigenvalue weighted by Gasteiger charge is -2.18. The van der Waals surface area contributed by atoms with E-state index in [4.69, 9.17) is 5.73 Å². The van der Waals surface area contributed by atoms with Crippen LogP contribution in [0.1, 0.15) is 27.2 Å². The minimum absolute atomic E-state index is 0.0181. The second-order valence-corrected chi connectivity index (χ2v) is 6.38. The van der Waals surface area contributed by atoms with E-state index < -0.39 is 0 Å². The molecule has 2 aromatic carbocycles. The number of aromatic amines is 1. The van der Waals surface area contributed by atoms with Crippen molar-refractivity contribution in [1.82, 2.24) is 15.2 Å². The van der Waals surface area contributed by atoms with Crippen LogP contribution in [0.15, 0.2) is 42.5 Å². The van der Waals surface area contributed by atoms with Crippen molar-refractivity contribution in [2.24, 2.45) is 0 Å². The van der Waals surface area contributed by atoms with Crippen LogP contribution in [0.3, 0.4) is 0 Å². The number of carbonyl (C=O) groups excluding carboxylic acids is 1. The van der Waals surface area contributed by atoms with Crippen LogP contribution < -0.4 is 11.1 Å². The number of benzene rings is 2. The Bertz CT molecular complexity index is 913. The zero-order valence-electron chi connectivity index (χ0n) is 14.9. The van der Waals surface area contributed by atoms with Gasteiger partial charge in [-0.1, -0.05) is 18.2 Å². The van der Waals surface area contributed by atoms with Crippen LogP contribution in [-0.4, -0.2) is 29.9 Å². The largest absolute Gasteiger partial charge is 0.398 e. The van der Waals surface area contributed by atoms with Crippen molar-refractivity contribution in [1.29, 1.82) is 0 Å². The van der Waals surface area contributed by atoms with Crippen LogP contribution in [0.25, 0.3) is 10.9 Å². The molecule has 4 N–H and O–H groups in total. The number of nitrogens with two attached hydrogens (primary N) is 1. The third-order valence-electron chi connectivity index (χ3n) is 4.57. The summed E-state index contributed by atoms with van der Waals surface area (Å²) in [6.45, 7) is 3.25. The summed E-state index contributed by atoms with van der Waals surface area (Å²) < 4.78 is 0. The number of nitrogens with one attached hydrogen (secondary N) is 2. The fraction of sp³-hybridized carbons (Fsp3) is 0.250. The van der Waals surface area contributed by atoms with Gasteiger partial charge in [0.2, 0.25) is 0 Å². The molecule has 0 radical (unpaired) electrons. The number of hydrogen-bond acceptors (Lipinski definition) is 3. The van der Waals surface area contributed by atoms with Gasteiger partial charge in [0.1, 0.15) is 0 Å². The molecule has 0 saturated heterocycles. The van der Waals surface area contributed by atoms with Crippen molar-refractivity contribution >= 4 is 22.5 Å². The van der Waals surface area contributed by atoms with Gasteiger partial charge in [-0.05, 0) is 49.4 Å². The van der Waals surface area contributed by atoms with Crippen LogP contribution in [0, 0.1) is 6.92 Å². The molecule has 25 heavy (non-hydrogen) atoms. The van der Waals surface area contributed by atoms with E-state index in [-0.39, 0.29) is 5.91 Å². The Morgan fingerprint density at radius 2 is 2.00 bits per heavy atom. The Morgan fingerprint density at radius 3 is 2.72 bits per heavy atom. The summed E-state index contributed by atoms with van der Waals surface area (Å²) in [4.78, 5) is 17.9. The Balaban J connectivity index is 1.82. The smallest absolute Gasteiger partial charge is 0.253 e. The monoisotopic (exact) mass is 336 g/mol. The molecule has 0 bridgehead atoms. The van der Waals surface area contributed by atoms with Gasteiger partial charge in [-0.25, -0.2) is 0 Å². The molecule has 0 aliphatic carbocycles. The molecule has 1 heterocycles. The van der Waals surface area contributed by atoms with Gasteiger partial charge in [0, 0.05) is 41.4 Å². The fourth-order valence-corrected chi connectivity index (χ4v) is 3.11. The van der Waals surface area contributed by atoms with Gasteiger partial charge >= 0.3 is 0 Å². The number of H-pyrrole nitrogens is 1. The molecule has 3 aromatic rings. The van der Waals surface area contributed by atoms with Gasteiger partial charge < -0.3 is 20.9 Å². The lowest BCUT2D eigenvalue weighted by Crippen LogP contribution is -2.27. The summed E-state index contributed by atoms with van der Waals surface area (Å²) in [5.41, 5.74) is 11.6. The maximum Gasteiger partial charge on any atom is 0.253 e. The minimum Gasteiger partial charge on any atom is -0.398 e. The number of para-hydroxylation sites is 1. The van der Waals surface area contributed by atoms with E-state index in [1.54, 1.807) is 17.0 Å². The van der Waals surface area contributed by atoms with Crippen LogP contribution in [0.5, 0.6) is 0 Å². The van der Waals surface area contributed by atoms with Crippen LogP contribution in [0.2, 0.25) is 0 Å². The number of rotatable bonds is 5. The summed E-state index contributed by atoms with van der Waals surface area (Å²) >= 11 is 0. The SMILES string of the molecule is CNCc1cc(C(=O)N(C)Cc2[nH]c3ccccc3c2C)ccc1N. The number of carbonyl (C=O) groups is 1. The molecule has 5 heteroatoms. The van der Waals surface area contributed by atoms with Crippen LogP contribution >= 0.6 is 0 Å². The van der Waals surface area contributed by atoms with E-state index in [2.05, 4.69) is 29.4 Å². The first-order valence-electron chi connectivity index (χ1n) is 8.36. The highest BCUT2D eigenvalue weighted by Gasteiger charge is 2.16. The van der Waals surface area contributed by atoms with Crippen molar-refractivity contribution < 1.29 is 4.79 Å². The number of hydrogen-bond donors (Lipinski definition) is 3. The highest BCUT2D eigenvalue weighted by atomic mass is 16.2. The van der Waals surface area contributed by atoms with Crippen molar-refractivity contribution in [3.63, 3.8) is 0 Å². The molecule has 5 nitrogen and oxygen atoms in total. The quantitative estimate of drug-likeness (QED) is 0.627. The molecule has 3 rings (SSSR count). The van der Waals surface area contributed by atoms with Gasteiger partial charge in [0.15, 0.2) is 0 Å². The first-order chi connectivity index (χ1) is 12.0. The molecule has 0 saturated carbocycles. The summed E-state index contributed by atoms with van der Waals surface area (Å²) in [5.74, 6) is -0.0181. The number of nitrogens with zero attached hydrogens (tertiary/aromatic N) is 1. The molecule has 0 spiro atoms. The standard InChI is InChI=1S/C20H24N4O/c1-13-16-6-4-5-7-18(16)23-19(13)12-24(3)20(25)14-8-9-17(21)15(10-14)11-22-2/h4-10,22-23H,11-12,21H2,1-3H3. The van der Waals surface area contributed by atoms with Gasteiger partial charge in [0.05, 0.1) is 6.54 Å². The Labute approximate surface area is 147 Å². The minimum atomic E-state index is -0.0181. The lowest BCUT2D eigenvalue weighted by atomic mass is 10.1. The predicted molar refractivity (Wildman–Crippen MR) is 102 cm³/mol. The number of aromatic nitrogens is 1. The van der Waals surface area contributed by atoms with Crippen molar-refractivity contribution in [2.75, 3.05) is 19.8 Å². The summed E-state index contributed by atoms with van der Waals surface area (Å²) in [6.07, 6.45) is 0. The Morgan fingerprint density at radius 1 is 1.24 bits per heavy atom. The van der Waals surface area contributed by atoms with E-state index in [1.165, 1.54) is 10.9 Å². The lowest BCUT2D eigenvalue weighted by molar-refractivity contribution is 0.0783. The zero-order valence-corrected chi connectivity index (χ0v) is 14.9. The zero-order chi connectivity index (χ0) is 18.0. The number of amides is 1. The number of anilines is 1. The summed E-state index contributed by atoms with van der Waals surface area (Å²) in [6, 6.07) is 13.6. The highest BCUT2D eigenvalue weighted by Crippen LogP contribution is 2.23. The Hall–Kier alpha value is -2.79. The average molecular weight is 336 g/mol. The van der Waals surface area contributed by atoms with Crippen molar-refractivity contribution in [2.45, 2.75) is 20.0 Å². The second-order valence-electron chi connectivity index (χ2n) is 6.38. The molecule has 130 valence electrons. The average Bonchev–Trinajstić information content (AvgIpc) is 2.92. The molecule has 1 amide bonds. The van der Waals surface area contributed by atoms with E-state index in [0.717, 1.165) is 16.8 Å². The van der Waals surface area contributed by atoms with Gasteiger partial charge in [0.25, 0.3) is 5.91 Å². The van der Waals surface area contributed by atoms with Crippen molar-refractivity contribution in [3.8, 4) is 0 Å². The van der Waals surface area contributed by atoms with Crippen LogP contribution in [-0.2, 0) is 13.1 Å². The Kier molecular flexibility index (Phi) is 4.76. The second kappa shape index (κ2) is 6.99. The van der Waals surface area contributed by atoms with E-state index in [1.807, 2.05) is 32.3 Å². The maximum absolute atomic E-state index is 12.8. The van der Waals surface area contributed by atoms with E-state index >= 15 is 0 Å². The van der Waals surface area contributed by atoms with E-state index in [0.29, 0.717) is 24.3 Å². The first-order valence-corrected chi connectivity index (χ1v) is 8.36. The third-order valence-corrected chi connectivity index (χ3v) is 4.57. The van der Waals surface area contributed by atoms with E-state index in [9.17, 15) is 4.79 Å². The highest BCUT2D eigenvalue weighted by molar-refractivity contribution is 5.95. The molecule has 0 aliphatic heterocycles. The third kappa shape index (κ3) is 3.37. The summed E-state index contributed by atoms with van der Waals surface area (Å²) in [7, 11) is 3.68. The molecule has 1 aromatic heterocycles. The fourth-order valence-electron chi connectivity index (χ4n) is 3.11. The van der Waals surface area contributed by atoms with Crippen LogP contribution in [0.4, 0.5) is 5.69 Å². The maximum atomic E-state index is 12.8. The summed E-state index contributed by atoms with van der Waals surface area (Å²) in [5, 5.41) is 4.27. The molecule has 0 fully saturated rings. The topological polar surface area (TPSA) is 74.2 Å². The van der Waals surface area contributed by atoms with Gasteiger partial charge in [-0.2, -0.15) is 0 Å². The predicted octanol–water partition coefficient (Wildman–Crippen LogP) is 3.05.